The number of benzene rings is 2. The van der Waals surface area contributed by atoms with Gasteiger partial charge in [-0.25, -0.2) is 14.2 Å². The Hall–Kier alpha value is -2.67. The number of hydrogen-bond acceptors (Lipinski definition) is 4. The summed E-state index contributed by atoms with van der Waals surface area (Å²) in [5.41, 5.74) is 2.44. The number of amides is 2. The SMILES string of the molecule is Cc1ccc2nc(N3CCN(C(=O)Nc4ccccc4F)CC3)sc2c1. The number of anilines is 2. The van der Waals surface area contributed by atoms with E-state index in [0.29, 0.717) is 26.2 Å². The van der Waals surface area contributed by atoms with E-state index >= 15 is 0 Å². The van der Waals surface area contributed by atoms with Gasteiger partial charge in [-0.15, -0.1) is 0 Å². The molecule has 2 amide bonds. The summed E-state index contributed by atoms with van der Waals surface area (Å²) in [7, 11) is 0. The molecule has 0 atom stereocenters. The van der Waals surface area contributed by atoms with Gasteiger partial charge in [0.15, 0.2) is 5.13 Å². The van der Waals surface area contributed by atoms with Crippen molar-refractivity contribution in [2.45, 2.75) is 6.92 Å². The molecule has 5 nitrogen and oxygen atoms in total. The van der Waals surface area contributed by atoms with Crippen LogP contribution >= 0.6 is 11.3 Å². The molecule has 26 heavy (non-hydrogen) atoms. The Morgan fingerprint density at radius 1 is 1.15 bits per heavy atom. The number of piperazine rings is 1. The molecule has 0 radical (unpaired) electrons. The number of nitrogens with zero attached hydrogens (tertiary/aromatic N) is 3. The van der Waals surface area contributed by atoms with Gasteiger partial charge in [-0.3, -0.25) is 0 Å². The van der Waals surface area contributed by atoms with Crippen molar-refractivity contribution >= 4 is 38.4 Å². The Morgan fingerprint density at radius 3 is 2.69 bits per heavy atom. The van der Waals surface area contributed by atoms with Gasteiger partial charge in [-0.1, -0.05) is 29.5 Å². The topological polar surface area (TPSA) is 48.5 Å². The molecule has 3 aromatic rings. The first-order valence-electron chi connectivity index (χ1n) is 8.53. The normalized spacial score (nSPS) is 14.7. The molecule has 0 bridgehead atoms. The van der Waals surface area contributed by atoms with E-state index < -0.39 is 5.82 Å². The van der Waals surface area contributed by atoms with E-state index in [1.165, 1.54) is 16.3 Å². The Morgan fingerprint density at radius 2 is 1.92 bits per heavy atom. The lowest BCUT2D eigenvalue weighted by Crippen LogP contribution is -2.50. The molecule has 0 saturated carbocycles. The molecular weight excluding hydrogens is 351 g/mol. The molecule has 1 N–H and O–H groups in total. The number of carbonyl (C=O) groups is 1. The highest BCUT2D eigenvalue weighted by Gasteiger charge is 2.23. The van der Waals surface area contributed by atoms with Gasteiger partial charge < -0.3 is 15.1 Å². The zero-order chi connectivity index (χ0) is 18.1. The minimum Gasteiger partial charge on any atom is -0.345 e. The van der Waals surface area contributed by atoms with Crippen LogP contribution in [-0.2, 0) is 0 Å². The van der Waals surface area contributed by atoms with Crippen LogP contribution in [0.1, 0.15) is 5.56 Å². The number of para-hydroxylation sites is 1. The maximum atomic E-state index is 13.7. The van der Waals surface area contributed by atoms with E-state index in [1.54, 1.807) is 34.4 Å². The van der Waals surface area contributed by atoms with Crippen LogP contribution in [0.15, 0.2) is 42.5 Å². The first kappa shape index (κ1) is 16.8. The van der Waals surface area contributed by atoms with E-state index in [-0.39, 0.29) is 11.7 Å². The van der Waals surface area contributed by atoms with Gasteiger partial charge in [-0.05, 0) is 36.8 Å². The van der Waals surface area contributed by atoms with Gasteiger partial charge in [0.2, 0.25) is 0 Å². The summed E-state index contributed by atoms with van der Waals surface area (Å²) in [6, 6.07) is 12.2. The fourth-order valence-electron chi connectivity index (χ4n) is 3.01. The van der Waals surface area contributed by atoms with Crippen LogP contribution in [-0.4, -0.2) is 42.1 Å². The zero-order valence-corrected chi connectivity index (χ0v) is 15.2. The second kappa shape index (κ2) is 6.92. The van der Waals surface area contributed by atoms with Crippen LogP contribution in [0.5, 0.6) is 0 Å². The number of thiazole rings is 1. The molecule has 1 aliphatic rings. The molecule has 134 valence electrons. The maximum Gasteiger partial charge on any atom is 0.322 e. The lowest BCUT2D eigenvalue weighted by molar-refractivity contribution is 0.208. The van der Waals surface area contributed by atoms with E-state index in [0.717, 1.165) is 10.6 Å². The third kappa shape index (κ3) is 3.35. The smallest absolute Gasteiger partial charge is 0.322 e. The van der Waals surface area contributed by atoms with Crippen LogP contribution in [0.4, 0.5) is 20.0 Å². The number of fused-ring (bicyclic) bond motifs is 1. The highest BCUT2D eigenvalue weighted by Crippen LogP contribution is 2.30. The highest BCUT2D eigenvalue weighted by molar-refractivity contribution is 7.22. The van der Waals surface area contributed by atoms with Crippen molar-refractivity contribution in [1.82, 2.24) is 9.88 Å². The van der Waals surface area contributed by atoms with Crippen LogP contribution in [0.3, 0.4) is 0 Å². The molecule has 0 aliphatic carbocycles. The fraction of sp³-hybridized carbons (Fsp3) is 0.263. The monoisotopic (exact) mass is 370 g/mol. The number of urea groups is 1. The number of halogens is 1. The van der Waals surface area contributed by atoms with Crippen molar-refractivity contribution in [2.24, 2.45) is 0 Å². The molecule has 7 heteroatoms. The van der Waals surface area contributed by atoms with Crippen LogP contribution < -0.4 is 10.2 Å². The predicted octanol–water partition coefficient (Wildman–Crippen LogP) is 4.10. The Kier molecular flexibility index (Phi) is 4.46. The summed E-state index contributed by atoms with van der Waals surface area (Å²) in [6.45, 7) is 4.66. The highest BCUT2D eigenvalue weighted by atomic mass is 32.1. The Bertz CT molecular complexity index is 950. The van der Waals surface area contributed by atoms with E-state index in [2.05, 4.69) is 29.3 Å². The summed E-state index contributed by atoms with van der Waals surface area (Å²) < 4.78 is 14.9. The number of aromatic nitrogens is 1. The molecule has 0 unspecified atom stereocenters. The average molecular weight is 370 g/mol. The maximum absolute atomic E-state index is 13.7. The zero-order valence-electron chi connectivity index (χ0n) is 14.4. The molecule has 0 spiro atoms. The minimum atomic E-state index is -0.427. The van der Waals surface area contributed by atoms with Gasteiger partial charge in [0.05, 0.1) is 15.9 Å². The minimum absolute atomic E-state index is 0.210. The Labute approximate surface area is 155 Å². The average Bonchev–Trinajstić information content (AvgIpc) is 3.07. The molecule has 1 aromatic heterocycles. The van der Waals surface area contributed by atoms with Crippen molar-refractivity contribution < 1.29 is 9.18 Å². The lowest BCUT2D eigenvalue weighted by Gasteiger charge is -2.34. The van der Waals surface area contributed by atoms with Crippen LogP contribution in [0.25, 0.3) is 10.2 Å². The number of aryl methyl sites for hydroxylation is 1. The predicted molar refractivity (Wildman–Crippen MR) is 104 cm³/mol. The van der Waals surface area contributed by atoms with Crippen molar-refractivity contribution in [3.63, 3.8) is 0 Å². The van der Waals surface area contributed by atoms with Gasteiger partial charge in [-0.2, -0.15) is 0 Å². The molecule has 1 fully saturated rings. The lowest BCUT2D eigenvalue weighted by atomic mass is 10.2. The van der Waals surface area contributed by atoms with Crippen molar-refractivity contribution in [1.29, 1.82) is 0 Å². The largest absolute Gasteiger partial charge is 0.345 e. The molecule has 2 aromatic carbocycles. The van der Waals surface area contributed by atoms with Crippen LogP contribution in [0.2, 0.25) is 0 Å². The second-order valence-corrected chi connectivity index (χ2v) is 7.36. The quantitative estimate of drug-likeness (QED) is 0.739. The molecule has 1 aliphatic heterocycles. The van der Waals surface area contributed by atoms with Gasteiger partial charge >= 0.3 is 6.03 Å². The van der Waals surface area contributed by atoms with Gasteiger partial charge in [0.25, 0.3) is 0 Å². The van der Waals surface area contributed by atoms with Crippen molar-refractivity contribution in [3.05, 3.63) is 53.8 Å². The van der Waals surface area contributed by atoms with Gasteiger partial charge in [0, 0.05) is 26.2 Å². The number of rotatable bonds is 2. The van der Waals surface area contributed by atoms with Gasteiger partial charge in [0.1, 0.15) is 5.82 Å². The molecule has 4 rings (SSSR count). The summed E-state index contributed by atoms with van der Waals surface area (Å²) >= 11 is 1.68. The third-order valence-electron chi connectivity index (χ3n) is 4.49. The van der Waals surface area contributed by atoms with E-state index in [4.69, 9.17) is 4.98 Å². The third-order valence-corrected chi connectivity index (χ3v) is 5.56. The van der Waals surface area contributed by atoms with E-state index in [9.17, 15) is 9.18 Å². The number of hydrogen-bond donors (Lipinski definition) is 1. The molecular formula is C19H19FN4OS. The van der Waals surface area contributed by atoms with Crippen molar-refractivity contribution in [3.8, 4) is 0 Å². The second-order valence-electron chi connectivity index (χ2n) is 6.35. The fourth-order valence-corrected chi connectivity index (χ4v) is 4.13. The number of nitrogens with one attached hydrogen (secondary N) is 1. The molecule has 1 saturated heterocycles. The first-order valence-corrected chi connectivity index (χ1v) is 9.34. The molecule has 2 heterocycles. The van der Waals surface area contributed by atoms with Crippen molar-refractivity contribution in [2.75, 3.05) is 36.4 Å². The Balaban J connectivity index is 1.40. The summed E-state index contributed by atoms with van der Waals surface area (Å²) in [5, 5.41) is 3.63. The summed E-state index contributed by atoms with van der Waals surface area (Å²) in [5.74, 6) is -0.427. The summed E-state index contributed by atoms with van der Waals surface area (Å²) in [6.07, 6.45) is 0. The van der Waals surface area contributed by atoms with E-state index in [1.807, 2.05) is 6.07 Å². The first-order chi connectivity index (χ1) is 12.6. The van der Waals surface area contributed by atoms with Crippen LogP contribution in [0, 0.1) is 12.7 Å². The standard InChI is InChI=1S/C19H19FN4OS/c1-13-6-7-16-17(12-13)26-19(22-16)24-10-8-23(9-11-24)18(25)21-15-5-3-2-4-14(15)20/h2-7,12H,8-11H2,1H3,(H,21,25). The summed E-state index contributed by atoms with van der Waals surface area (Å²) in [4.78, 5) is 21.0. The number of carbonyl (C=O) groups excluding carboxylic acids is 1.